The number of nitrogens with two attached hydrogens (primary N) is 1. The van der Waals surface area contributed by atoms with Crippen LogP contribution in [0.3, 0.4) is 0 Å². The van der Waals surface area contributed by atoms with Gasteiger partial charge in [0.2, 0.25) is 5.78 Å². The number of thiophene rings is 1. The summed E-state index contributed by atoms with van der Waals surface area (Å²) >= 11 is 11.4. The normalized spacial score (nSPS) is 23.3. The number of benzene rings is 1. The second kappa shape index (κ2) is 11.3. The first kappa shape index (κ1) is 27.6. The predicted molar refractivity (Wildman–Crippen MR) is 148 cm³/mol. The molecule has 0 amide bonds. The molecule has 0 radical (unpaired) electrons. The SMILES string of the molecule is NS(=O)(=O)OC[C@H]1C[C@@H](Nc2ncncc2C(=O)c2cc([C@@H]3NCCc4ccc(Br)cc43)c(Cl)s2)C[C@@H]1O. The first-order valence-electron chi connectivity index (χ1n) is 11.9. The Labute approximate surface area is 237 Å². The zero-order chi connectivity index (χ0) is 27.0. The number of ketones is 1. The van der Waals surface area contributed by atoms with Gasteiger partial charge in [0.15, 0.2) is 0 Å². The smallest absolute Gasteiger partial charge is 0.333 e. The average molecular weight is 643 g/mol. The van der Waals surface area contributed by atoms with Gasteiger partial charge in [-0.3, -0.25) is 8.98 Å². The Morgan fingerprint density at radius 1 is 1.32 bits per heavy atom. The predicted octanol–water partition coefficient (Wildman–Crippen LogP) is 3.19. The largest absolute Gasteiger partial charge is 0.393 e. The van der Waals surface area contributed by atoms with Crippen LogP contribution in [0, 0.1) is 5.92 Å². The number of aliphatic hydroxyl groups is 1. The number of carbonyl (C=O) groups is 1. The van der Waals surface area contributed by atoms with Crippen molar-refractivity contribution in [1.82, 2.24) is 15.3 Å². The molecule has 2 aliphatic rings. The lowest BCUT2D eigenvalue weighted by Crippen LogP contribution is -2.30. The van der Waals surface area contributed by atoms with Gasteiger partial charge in [-0.2, -0.15) is 8.42 Å². The zero-order valence-corrected chi connectivity index (χ0v) is 23.9. The van der Waals surface area contributed by atoms with E-state index in [1.807, 2.05) is 12.1 Å². The number of nitrogens with one attached hydrogen (secondary N) is 2. The highest BCUT2D eigenvalue weighted by atomic mass is 79.9. The van der Waals surface area contributed by atoms with Gasteiger partial charge in [-0.15, -0.1) is 11.3 Å². The van der Waals surface area contributed by atoms with Gasteiger partial charge < -0.3 is 15.7 Å². The molecule has 202 valence electrons. The van der Waals surface area contributed by atoms with Crippen molar-refractivity contribution >= 4 is 60.8 Å². The molecule has 1 fully saturated rings. The molecule has 14 heteroatoms. The summed E-state index contributed by atoms with van der Waals surface area (Å²) in [5, 5.41) is 22.0. The van der Waals surface area contributed by atoms with E-state index in [1.165, 1.54) is 29.4 Å². The van der Waals surface area contributed by atoms with Crippen LogP contribution >= 0.6 is 38.9 Å². The minimum absolute atomic E-state index is 0.136. The van der Waals surface area contributed by atoms with Crippen molar-refractivity contribution in [3.05, 3.63) is 72.7 Å². The van der Waals surface area contributed by atoms with Crippen LogP contribution in [0.1, 0.15) is 50.8 Å². The number of rotatable bonds is 8. The third-order valence-electron chi connectivity index (χ3n) is 6.81. The Morgan fingerprint density at radius 3 is 2.92 bits per heavy atom. The number of hydrogen-bond acceptors (Lipinski definition) is 10. The minimum atomic E-state index is -4.10. The van der Waals surface area contributed by atoms with E-state index in [-0.39, 0.29) is 30.0 Å². The van der Waals surface area contributed by atoms with Gasteiger partial charge >= 0.3 is 10.3 Å². The Kier molecular flexibility index (Phi) is 8.17. The second-order valence-electron chi connectivity index (χ2n) is 9.35. The number of halogens is 2. The first-order valence-corrected chi connectivity index (χ1v) is 15.3. The van der Waals surface area contributed by atoms with Crippen molar-refractivity contribution in [1.29, 1.82) is 0 Å². The molecule has 3 heterocycles. The van der Waals surface area contributed by atoms with Gasteiger partial charge in [0.1, 0.15) is 12.1 Å². The minimum Gasteiger partial charge on any atom is -0.393 e. The maximum absolute atomic E-state index is 13.6. The van der Waals surface area contributed by atoms with Crippen molar-refractivity contribution in [2.45, 2.75) is 37.5 Å². The van der Waals surface area contributed by atoms with Crippen LogP contribution in [-0.2, 0) is 20.9 Å². The molecule has 0 spiro atoms. The van der Waals surface area contributed by atoms with Gasteiger partial charge in [-0.25, -0.2) is 15.1 Å². The molecular formula is C24H25BrClN5O5S2. The Bertz CT molecular complexity index is 1470. The first-order chi connectivity index (χ1) is 18.1. The quantitative estimate of drug-likeness (QED) is 0.271. The van der Waals surface area contributed by atoms with Crippen molar-refractivity contribution in [3.63, 3.8) is 0 Å². The van der Waals surface area contributed by atoms with Crippen LogP contribution in [0.15, 0.2) is 41.3 Å². The molecule has 4 atom stereocenters. The fourth-order valence-electron chi connectivity index (χ4n) is 5.01. The Hall–Kier alpha value is -1.97. The number of fused-ring (bicyclic) bond motifs is 1. The number of anilines is 1. The van der Waals surface area contributed by atoms with Crippen molar-refractivity contribution in [2.24, 2.45) is 11.1 Å². The molecule has 1 aromatic carbocycles. The van der Waals surface area contributed by atoms with E-state index >= 15 is 0 Å². The molecule has 2 aromatic heterocycles. The van der Waals surface area contributed by atoms with E-state index in [0.29, 0.717) is 27.9 Å². The van der Waals surface area contributed by atoms with E-state index in [4.69, 9.17) is 16.7 Å². The third-order valence-corrected chi connectivity index (χ3v) is 9.16. The highest BCUT2D eigenvalue weighted by Gasteiger charge is 2.35. The van der Waals surface area contributed by atoms with E-state index in [2.05, 4.69) is 52.8 Å². The van der Waals surface area contributed by atoms with E-state index in [0.717, 1.165) is 28.6 Å². The monoisotopic (exact) mass is 641 g/mol. The summed E-state index contributed by atoms with van der Waals surface area (Å²) in [7, 11) is -4.10. The molecule has 5 N–H and O–H groups in total. The van der Waals surface area contributed by atoms with Gasteiger partial charge in [0.05, 0.1) is 33.5 Å². The number of carbonyl (C=O) groups excluding carboxylic acids is 1. The summed E-state index contributed by atoms with van der Waals surface area (Å²) in [5.41, 5.74) is 3.47. The standard InChI is InChI=1S/C24H25BrClN5O5S2/c25-14-2-1-12-3-4-29-21(16(12)6-14)17-8-20(37-23(17)26)22(33)18-9-28-11-30-24(18)31-15-5-13(19(32)7-15)10-36-38(27,34)35/h1-2,6,8-9,11,13,15,19,21,29,32H,3-5,7,10H2,(H2,27,34,35)(H,28,30,31)/t13-,15-,19+,21-/m1/s1. The third kappa shape index (κ3) is 6.10. The summed E-state index contributed by atoms with van der Waals surface area (Å²) in [6, 6.07) is 7.62. The van der Waals surface area contributed by atoms with Gasteiger partial charge in [-0.1, -0.05) is 33.6 Å². The molecule has 0 unspecified atom stereocenters. The lowest BCUT2D eigenvalue weighted by atomic mass is 9.91. The Morgan fingerprint density at radius 2 is 2.13 bits per heavy atom. The Balaban J connectivity index is 1.35. The topological polar surface area (TPSA) is 157 Å². The molecule has 1 aliphatic carbocycles. The fraction of sp³-hybridized carbons (Fsp3) is 0.375. The molecule has 38 heavy (non-hydrogen) atoms. The average Bonchev–Trinajstić information content (AvgIpc) is 3.43. The maximum Gasteiger partial charge on any atom is 0.333 e. The molecule has 1 saturated carbocycles. The number of aromatic nitrogens is 2. The summed E-state index contributed by atoms with van der Waals surface area (Å²) in [6.07, 6.45) is 3.63. The van der Waals surface area contributed by atoms with Crippen LogP contribution in [0.5, 0.6) is 0 Å². The molecular weight excluding hydrogens is 618 g/mol. The van der Waals surface area contributed by atoms with Crippen molar-refractivity contribution in [3.8, 4) is 0 Å². The summed E-state index contributed by atoms with van der Waals surface area (Å²) in [5.74, 6) is -0.382. The van der Waals surface area contributed by atoms with E-state index in [1.54, 1.807) is 0 Å². The van der Waals surface area contributed by atoms with Gasteiger partial charge in [0.25, 0.3) is 0 Å². The highest BCUT2D eigenvalue weighted by molar-refractivity contribution is 9.10. The van der Waals surface area contributed by atoms with Crippen molar-refractivity contribution in [2.75, 3.05) is 18.5 Å². The number of nitrogens with zero attached hydrogens (tertiary/aromatic N) is 2. The van der Waals surface area contributed by atoms with E-state index < -0.39 is 22.3 Å². The van der Waals surface area contributed by atoms with Gasteiger partial charge in [0, 0.05) is 34.7 Å². The molecule has 3 aromatic rings. The highest BCUT2D eigenvalue weighted by Crippen LogP contribution is 2.39. The van der Waals surface area contributed by atoms with Crippen molar-refractivity contribution < 1.29 is 22.5 Å². The van der Waals surface area contributed by atoms with Crippen LogP contribution in [0.25, 0.3) is 0 Å². The molecule has 0 saturated heterocycles. The van der Waals surface area contributed by atoms with Crippen LogP contribution in [-0.4, -0.2) is 54.6 Å². The van der Waals surface area contributed by atoms with E-state index in [9.17, 15) is 18.3 Å². The van der Waals surface area contributed by atoms with Gasteiger partial charge in [-0.05, 0) is 48.6 Å². The maximum atomic E-state index is 13.6. The molecule has 10 nitrogen and oxygen atoms in total. The zero-order valence-electron chi connectivity index (χ0n) is 19.9. The van der Waals surface area contributed by atoms with Crippen LogP contribution < -0.4 is 15.8 Å². The lowest BCUT2D eigenvalue weighted by molar-refractivity contribution is 0.101. The summed E-state index contributed by atoms with van der Waals surface area (Å²) in [6.45, 7) is 0.574. The summed E-state index contributed by atoms with van der Waals surface area (Å²) in [4.78, 5) is 22.3. The summed E-state index contributed by atoms with van der Waals surface area (Å²) < 4.78 is 28.4. The number of hydrogen-bond donors (Lipinski definition) is 4. The molecule has 5 rings (SSSR count). The van der Waals surface area contributed by atoms with Crippen LogP contribution in [0.2, 0.25) is 4.34 Å². The second-order valence-corrected chi connectivity index (χ2v) is 13.1. The number of aliphatic hydroxyl groups excluding tert-OH is 1. The lowest BCUT2D eigenvalue weighted by Gasteiger charge is -2.27. The molecule has 1 aliphatic heterocycles. The fourth-order valence-corrected chi connectivity index (χ4v) is 7.04. The van der Waals surface area contributed by atoms with Crippen LogP contribution in [0.4, 0.5) is 5.82 Å². The molecule has 0 bridgehead atoms.